The van der Waals surface area contributed by atoms with Crippen LogP contribution in [-0.2, 0) is 26.3 Å². The van der Waals surface area contributed by atoms with Crippen molar-refractivity contribution in [1.29, 1.82) is 0 Å². The van der Waals surface area contributed by atoms with Crippen LogP contribution < -0.4 is 0 Å². The lowest BCUT2D eigenvalue weighted by molar-refractivity contribution is 0.272. The van der Waals surface area contributed by atoms with Gasteiger partial charge >= 0.3 is 0 Å². The molecule has 2 saturated heterocycles. The maximum absolute atomic E-state index is 12.8. The van der Waals surface area contributed by atoms with Crippen molar-refractivity contribution in [2.75, 3.05) is 37.7 Å². The van der Waals surface area contributed by atoms with Crippen molar-refractivity contribution in [3.8, 4) is 11.1 Å². The van der Waals surface area contributed by atoms with Crippen molar-refractivity contribution in [3.05, 3.63) is 54.1 Å². The molecule has 1 atom stereocenters. The number of nitrogens with zero attached hydrogens (tertiary/aromatic N) is 2. The maximum atomic E-state index is 12.8. The monoisotopic (exact) mass is 462 g/mol. The van der Waals surface area contributed by atoms with Gasteiger partial charge in [0.05, 0.1) is 16.4 Å². The van der Waals surface area contributed by atoms with E-state index in [1.807, 2.05) is 12.1 Å². The van der Waals surface area contributed by atoms with Gasteiger partial charge in [0.1, 0.15) is 0 Å². The lowest BCUT2D eigenvalue weighted by Gasteiger charge is -2.26. The smallest absolute Gasteiger partial charge is 0.243 e. The van der Waals surface area contributed by atoms with E-state index in [4.69, 9.17) is 0 Å². The fraction of sp³-hybridized carbons (Fsp3) is 0.478. The second-order valence-corrected chi connectivity index (χ2v) is 12.8. The summed E-state index contributed by atoms with van der Waals surface area (Å²) in [4.78, 5) is 2.75. The molecule has 8 heteroatoms. The highest BCUT2D eigenvalue weighted by Crippen LogP contribution is 2.25. The summed E-state index contributed by atoms with van der Waals surface area (Å²) >= 11 is 0. The van der Waals surface area contributed by atoms with Crippen molar-refractivity contribution in [2.45, 2.75) is 37.1 Å². The van der Waals surface area contributed by atoms with E-state index in [2.05, 4.69) is 36.1 Å². The van der Waals surface area contributed by atoms with E-state index in [-0.39, 0.29) is 29.5 Å². The molecule has 2 aliphatic heterocycles. The molecule has 2 aromatic rings. The predicted octanol–water partition coefficient (Wildman–Crippen LogP) is 2.80. The number of benzene rings is 2. The van der Waals surface area contributed by atoms with E-state index in [1.165, 1.54) is 29.3 Å². The molecule has 2 fully saturated rings. The standard InChI is InChI=1S/C23H30N2O4S2/c1-19-3-2-13-24(19)14-12-20-4-6-21(7-5-20)22-8-10-23(11-9-22)31(28,29)25-15-17-30(26,27)18-16-25/h4-11,19H,2-3,12-18H2,1H3/t19-/m1/s1. The van der Waals surface area contributed by atoms with Crippen LogP contribution in [0.25, 0.3) is 11.1 Å². The first kappa shape index (κ1) is 22.5. The molecule has 2 aromatic carbocycles. The first-order valence-electron chi connectivity index (χ1n) is 10.9. The first-order chi connectivity index (χ1) is 14.7. The Bertz CT molecular complexity index is 1100. The van der Waals surface area contributed by atoms with Gasteiger partial charge in [0.15, 0.2) is 9.84 Å². The van der Waals surface area contributed by atoms with E-state index >= 15 is 0 Å². The third kappa shape index (κ3) is 5.19. The molecule has 2 aliphatic rings. The summed E-state index contributed by atoms with van der Waals surface area (Å²) in [6.45, 7) is 4.62. The molecule has 0 aliphatic carbocycles. The molecule has 0 radical (unpaired) electrons. The van der Waals surface area contributed by atoms with Crippen LogP contribution in [0.4, 0.5) is 0 Å². The molecule has 6 nitrogen and oxygen atoms in total. The minimum atomic E-state index is -3.67. The molecule has 2 heterocycles. The molecule has 0 aromatic heterocycles. The second-order valence-electron chi connectivity index (χ2n) is 8.55. The Balaban J connectivity index is 1.40. The summed E-state index contributed by atoms with van der Waals surface area (Å²) in [5.41, 5.74) is 3.31. The number of likely N-dealkylation sites (tertiary alicyclic amines) is 1. The van der Waals surface area contributed by atoms with Crippen LogP contribution in [0.3, 0.4) is 0 Å². The van der Waals surface area contributed by atoms with Gasteiger partial charge in [-0.15, -0.1) is 0 Å². The fourth-order valence-corrected chi connectivity index (χ4v) is 7.24. The molecule has 0 N–H and O–H groups in total. The first-order valence-corrected chi connectivity index (χ1v) is 14.1. The number of sulfone groups is 1. The van der Waals surface area contributed by atoms with Crippen molar-refractivity contribution >= 4 is 19.9 Å². The largest absolute Gasteiger partial charge is 0.300 e. The highest BCUT2D eigenvalue weighted by Gasteiger charge is 2.31. The Labute approximate surface area is 185 Å². The molecular weight excluding hydrogens is 432 g/mol. The molecule has 0 spiro atoms. The minimum absolute atomic E-state index is 0.0179. The van der Waals surface area contributed by atoms with Crippen molar-refractivity contribution in [1.82, 2.24) is 9.21 Å². The number of rotatable bonds is 6. The second kappa shape index (κ2) is 9.02. The molecule has 168 valence electrons. The molecule has 0 saturated carbocycles. The Kier molecular flexibility index (Phi) is 6.53. The van der Waals surface area contributed by atoms with E-state index in [0.29, 0.717) is 6.04 Å². The third-order valence-corrected chi connectivity index (χ3v) is 9.98. The molecular formula is C23H30N2O4S2. The third-order valence-electron chi connectivity index (χ3n) is 6.46. The molecule has 0 unspecified atom stereocenters. The molecule has 0 bridgehead atoms. The summed E-state index contributed by atoms with van der Waals surface area (Å²) < 4.78 is 50.1. The molecule has 31 heavy (non-hydrogen) atoms. The zero-order valence-electron chi connectivity index (χ0n) is 17.9. The molecule has 4 rings (SSSR count). The van der Waals surface area contributed by atoms with Crippen LogP contribution in [0.1, 0.15) is 25.3 Å². The Morgan fingerprint density at radius 3 is 2.03 bits per heavy atom. The van der Waals surface area contributed by atoms with Crippen LogP contribution in [-0.4, -0.2) is 69.8 Å². The average Bonchev–Trinajstić information content (AvgIpc) is 3.17. The van der Waals surface area contributed by atoms with Crippen LogP contribution in [0, 0.1) is 0 Å². The maximum Gasteiger partial charge on any atom is 0.243 e. The lowest BCUT2D eigenvalue weighted by Crippen LogP contribution is -2.43. The number of hydrogen-bond acceptors (Lipinski definition) is 5. The van der Waals surface area contributed by atoms with Gasteiger partial charge in [0.2, 0.25) is 10.0 Å². The van der Waals surface area contributed by atoms with E-state index in [1.54, 1.807) is 12.1 Å². The van der Waals surface area contributed by atoms with Gasteiger partial charge in [0, 0.05) is 25.7 Å². The molecule has 0 amide bonds. The van der Waals surface area contributed by atoms with Crippen LogP contribution in [0.15, 0.2) is 53.4 Å². The van der Waals surface area contributed by atoms with Crippen LogP contribution in [0.5, 0.6) is 0 Å². The predicted molar refractivity (Wildman–Crippen MR) is 123 cm³/mol. The average molecular weight is 463 g/mol. The van der Waals surface area contributed by atoms with Gasteiger partial charge < -0.3 is 4.90 Å². The topological polar surface area (TPSA) is 74.8 Å². The summed E-state index contributed by atoms with van der Waals surface area (Å²) in [5.74, 6) is -0.235. The van der Waals surface area contributed by atoms with Crippen LogP contribution in [0.2, 0.25) is 0 Å². The number of sulfonamides is 1. The summed E-state index contributed by atoms with van der Waals surface area (Å²) in [7, 11) is -6.80. The van der Waals surface area contributed by atoms with E-state index < -0.39 is 19.9 Å². The quantitative estimate of drug-likeness (QED) is 0.660. The van der Waals surface area contributed by atoms with Gasteiger partial charge in [-0.05, 0) is 61.6 Å². The lowest BCUT2D eigenvalue weighted by atomic mass is 10.0. The highest BCUT2D eigenvalue weighted by molar-refractivity contribution is 7.92. The van der Waals surface area contributed by atoms with Gasteiger partial charge in [-0.1, -0.05) is 36.4 Å². The SMILES string of the molecule is C[C@@H]1CCCN1CCc1ccc(-c2ccc(S(=O)(=O)N3CCS(=O)(=O)CC3)cc2)cc1. The summed E-state index contributed by atoms with van der Waals surface area (Å²) in [6.07, 6.45) is 3.62. The van der Waals surface area contributed by atoms with Gasteiger partial charge in [-0.2, -0.15) is 4.31 Å². The van der Waals surface area contributed by atoms with Gasteiger partial charge in [-0.3, -0.25) is 0 Å². The van der Waals surface area contributed by atoms with Crippen molar-refractivity contribution < 1.29 is 16.8 Å². The number of hydrogen-bond donors (Lipinski definition) is 0. The zero-order valence-corrected chi connectivity index (χ0v) is 19.5. The summed E-state index contributed by atoms with van der Waals surface area (Å²) in [5, 5.41) is 0. The summed E-state index contributed by atoms with van der Waals surface area (Å²) in [6, 6.07) is 16.0. The Morgan fingerprint density at radius 2 is 1.48 bits per heavy atom. The van der Waals surface area contributed by atoms with Gasteiger partial charge in [-0.25, -0.2) is 16.8 Å². The zero-order chi connectivity index (χ0) is 22.1. The van der Waals surface area contributed by atoms with E-state index in [9.17, 15) is 16.8 Å². The Morgan fingerprint density at radius 1 is 0.903 bits per heavy atom. The Hall–Kier alpha value is -1.74. The highest BCUT2D eigenvalue weighted by atomic mass is 32.2. The van der Waals surface area contributed by atoms with Crippen molar-refractivity contribution in [3.63, 3.8) is 0 Å². The normalized spacial score (nSPS) is 22.5. The van der Waals surface area contributed by atoms with Crippen molar-refractivity contribution in [2.24, 2.45) is 0 Å². The van der Waals surface area contributed by atoms with Gasteiger partial charge in [0.25, 0.3) is 0 Å². The fourth-order valence-electron chi connectivity index (χ4n) is 4.37. The van der Waals surface area contributed by atoms with E-state index in [0.717, 1.165) is 24.1 Å². The minimum Gasteiger partial charge on any atom is -0.300 e. The van der Waals surface area contributed by atoms with Crippen LogP contribution >= 0.6 is 0 Å².